The molecule has 0 bridgehead atoms. The number of nitrogens with zero attached hydrogens (tertiary/aromatic N) is 4. The summed E-state index contributed by atoms with van der Waals surface area (Å²) in [5, 5.41) is 11.3. The summed E-state index contributed by atoms with van der Waals surface area (Å²) in [6, 6.07) is 0. The maximum Gasteiger partial charge on any atom is 0.0692 e. The third kappa shape index (κ3) is 4.38. The summed E-state index contributed by atoms with van der Waals surface area (Å²) in [6.45, 7) is 9.25. The quantitative estimate of drug-likeness (QED) is 0.700. The highest BCUT2D eigenvalue weighted by Gasteiger charge is 2.21. The average molecular weight is 251 g/mol. The van der Waals surface area contributed by atoms with E-state index in [1.165, 1.54) is 45.4 Å². The number of aromatic nitrogens is 3. The van der Waals surface area contributed by atoms with Crippen molar-refractivity contribution in [3.05, 3.63) is 12.4 Å². The third-order valence-corrected chi connectivity index (χ3v) is 3.56. The van der Waals surface area contributed by atoms with Gasteiger partial charge in [-0.25, -0.2) is 0 Å². The SMILES string of the molecule is CCCNCC1CCN(CCCn2ccnn2)C1. The Labute approximate surface area is 110 Å². The summed E-state index contributed by atoms with van der Waals surface area (Å²) in [5.74, 6) is 0.850. The van der Waals surface area contributed by atoms with Crippen LogP contribution < -0.4 is 5.32 Å². The van der Waals surface area contributed by atoms with Crippen LogP contribution in [0, 0.1) is 5.92 Å². The first-order valence-electron chi connectivity index (χ1n) is 7.15. The van der Waals surface area contributed by atoms with Crippen LogP contribution in [0.25, 0.3) is 0 Å². The maximum atomic E-state index is 3.98. The molecule has 1 atom stereocenters. The van der Waals surface area contributed by atoms with Crippen LogP contribution >= 0.6 is 0 Å². The van der Waals surface area contributed by atoms with E-state index in [1.54, 1.807) is 6.20 Å². The summed E-state index contributed by atoms with van der Waals surface area (Å²) < 4.78 is 1.91. The Balaban J connectivity index is 1.55. The molecule has 1 aliphatic rings. The Morgan fingerprint density at radius 3 is 3.11 bits per heavy atom. The standard InChI is InChI=1S/C13H25N5/c1-2-5-14-11-13-4-9-17(12-13)7-3-8-18-10-6-15-16-18/h6,10,13-14H,2-5,7-9,11-12H2,1H3. The third-order valence-electron chi connectivity index (χ3n) is 3.56. The van der Waals surface area contributed by atoms with Crippen molar-refractivity contribution >= 4 is 0 Å². The van der Waals surface area contributed by atoms with Gasteiger partial charge in [0.25, 0.3) is 0 Å². The Bertz CT molecular complexity index is 311. The van der Waals surface area contributed by atoms with Gasteiger partial charge in [-0.1, -0.05) is 12.1 Å². The lowest BCUT2D eigenvalue weighted by Gasteiger charge is -2.16. The fourth-order valence-electron chi connectivity index (χ4n) is 2.57. The van der Waals surface area contributed by atoms with Crippen LogP contribution in [-0.4, -0.2) is 52.6 Å². The molecule has 1 aromatic heterocycles. The van der Waals surface area contributed by atoms with Gasteiger partial charge < -0.3 is 10.2 Å². The Kier molecular flexibility index (Phi) is 5.61. The van der Waals surface area contributed by atoms with Crippen molar-refractivity contribution in [2.45, 2.75) is 32.7 Å². The van der Waals surface area contributed by atoms with Gasteiger partial charge >= 0.3 is 0 Å². The number of likely N-dealkylation sites (tertiary alicyclic amines) is 1. The highest BCUT2D eigenvalue weighted by molar-refractivity contribution is 4.77. The first kappa shape index (κ1) is 13.5. The van der Waals surface area contributed by atoms with Crippen LogP contribution in [0.4, 0.5) is 0 Å². The minimum absolute atomic E-state index is 0.850. The highest BCUT2D eigenvalue weighted by atomic mass is 15.4. The molecule has 0 radical (unpaired) electrons. The minimum atomic E-state index is 0.850. The molecule has 1 N–H and O–H groups in total. The van der Waals surface area contributed by atoms with Gasteiger partial charge in [-0.2, -0.15) is 0 Å². The second kappa shape index (κ2) is 7.48. The van der Waals surface area contributed by atoms with Crippen molar-refractivity contribution < 1.29 is 0 Å². The van der Waals surface area contributed by atoms with Crippen LogP contribution in [0.15, 0.2) is 12.4 Å². The Morgan fingerprint density at radius 1 is 1.39 bits per heavy atom. The van der Waals surface area contributed by atoms with E-state index >= 15 is 0 Å². The summed E-state index contributed by atoms with van der Waals surface area (Å²) >= 11 is 0. The molecule has 102 valence electrons. The van der Waals surface area contributed by atoms with Gasteiger partial charge in [0.1, 0.15) is 0 Å². The highest BCUT2D eigenvalue weighted by Crippen LogP contribution is 2.15. The smallest absolute Gasteiger partial charge is 0.0692 e. The predicted molar refractivity (Wildman–Crippen MR) is 72.3 cm³/mol. The molecule has 18 heavy (non-hydrogen) atoms. The molecule has 0 aliphatic carbocycles. The Morgan fingerprint density at radius 2 is 2.33 bits per heavy atom. The molecular formula is C13H25N5. The normalized spacial score (nSPS) is 20.6. The van der Waals surface area contributed by atoms with Crippen LogP contribution in [0.1, 0.15) is 26.2 Å². The molecule has 1 saturated heterocycles. The first-order chi connectivity index (χ1) is 8.88. The number of aryl methyl sites for hydroxylation is 1. The molecule has 1 aliphatic heterocycles. The van der Waals surface area contributed by atoms with Gasteiger partial charge in [0.05, 0.1) is 6.20 Å². The minimum Gasteiger partial charge on any atom is -0.316 e. The molecule has 1 fully saturated rings. The second-order valence-corrected chi connectivity index (χ2v) is 5.18. The summed E-state index contributed by atoms with van der Waals surface area (Å²) in [4.78, 5) is 2.58. The fraction of sp³-hybridized carbons (Fsp3) is 0.846. The van der Waals surface area contributed by atoms with E-state index < -0.39 is 0 Å². The molecule has 0 saturated carbocycles. The van der Waals surface area contributed by atoms with Gasteiger partial charge in [0.15, 0.2) is 0 Å². The van der Waals surface area contributed by atoms with Crippen LogP contribution in [0.5, 0.6) is 0 Å². The lowest BCUT2D eigenvalue weighted by molar-refractivity contribution is 0.307. The molecule has 5 nitrogen and oxygen atoms in total. The molecule has 2 heterocycles. The van der Waals surface area contributed by atoms with Gasteiger partial charge in [-0.05, 0) is 51.4 Å². The van der Waals surface area contributed by atoms with Gasteiger partial charge in [-0.15, -0.1) is 5.10 Å². The number of nitrogens with one attached hydrogen (secondary N) is 1. The van der Waals surface area contributed by atoms with Crippen molar-refractivity contribution in [3.63, 3.8) is 0 Å². The van der Waals surface area contributed by atoms with E-state index in [0.29, 0.717) is 0 Å². The van der Waals surface area contributed by atoms with E-state index in [9.17, 15) is 0 Å². The van der Waals surface area contributed by atoms with E-state index in [4.69, 9.17) is 0 Å². The molecule has 1 aromatic rings. The molecule has 0 spiro atoms. The predicted octanol–water partition coefficient (Wildman–Crippen LogP) is 0.990. The zero-order valence-electron chi connectivity index (χ0n) is 11.4. The fourth-order valence-corrected chi connectivity index (χ4v) is 2.57. The summed E-state index contributed by atoms with van der Waals surface area (Å²) in [6.07, 6.45) is 7.42. The maximum absolute atomic E-state index is 3.98. The van der Waals surface area contributed by atoms with Crippen molar-refractivity contribution in [3.8, 4) is 0 Å². The largest absolute Gasteiger partial charge is 0.316 e. The van der Waals surface area contributed by atoms with Crippen LogP contribution in [0.2, 0.25) is 0 Å². The van der Waals surface area contributed by atoms with Crippen molar-refractivity contribution in [2.24, 2.45) is 5.92 Å². The Hall–Kier alpha value is -0.940. The lowest BCUT2D eigenvalue weighted by Crippen LogP contribution is -2.27. The van der Waals surface area contributed by atoms with E-state index in [0.717, 1.165) is 19.0 Å². The zero-order valence-corrected chi connectivity index (χ0v) is 11.4. The molecular weight excluding hydrogens is 226 g/mol. The van der Waals surface area contributed by atoms with E-state index in [1.807, 2.05) is 10.9 Å². The van der Waals surface area contributed by atoms with Gasteiger partial charge in [0, 0.05) is 19.3 Å². The molecule has 1 unspecified atom stereocenters. The van der Waals surface area contributed by atoms with Crippen molar-refractivity contribution in [1.29, 1.82) is 0 Å². The number of rotatable bonds is 8. The number of hydrogen-bond acceptors (Lipinski definition) is 4. The van der Waals surface area contributed by atoms with E-state index in [2.05, 4.69) is 27.5 Å². The molecule has 5 heteroatoms. The second-order valence-electron chi connectivity index (χ2n) is 5.18. The summed E-state index contributed by atoms with van der Waals surface area (Å²) in [5.41, 5.74) is 0. The van der Waals surface area contributed by atoms with Gasteiger partial charge in [-0.3, -0.25) is 4.68 Å². The van der Waals surface area contributed by atoms with Gasteiger partial charge in [0.2, 0.25) is 0 Å². The summed E-state index contributed by atoms with van der Waals surface area (Å²) in [7, 11) is 0. The van der Waals surface area contributed by atoms with Crippen molar-refractivity contribution in [2.75, 3.05) is 32.7 Å². The van der Waals surface area contributed by atoms with E-state index in [-0.39, 0.29) is 0 Å². The lowest BCUT2D eigenvalue weighted by atomic mass is 10.1. The molecule has 0 aromatic carbocycles. The monoisotopic (exact) mass is 251 g/mol. The molecule has 0 amide bonds. The average Bonchev–Trinajstić information content (AvgIpc) is 3.01. The number of hydrogen-bond donors (Lipinski definition) is 1. The first-order valence-corrected chi connectivity index (χ1v) is 7.15. The topological polar surface area (TPSA) is 46.0 Å². The van der Waals surface area contributed by atoms with Crippen LogP contribution in [-0.2, 0) is 6.54 Å². The van der Waals surface area contributed by atoms with Crippen LogP contribution in [0.3, 0.4) is 0 Å². The van der Waals surface area contributed by atoms with Crippen molar-refractivity contribution in [1.82, 2.24) is 25.2 Å². The zero-order chi connectivity index (χ0) is 12.6. The molecule has 2 rings (SSSR count).